The molecule has 4 N–H and O–H groups in total. The Kier molecular flexibility index (Phi) is 4.89. The van der Waals surface area contributed by atoms with E-state index in [0.717, 1.165) is 12.0 Å². The number of amidine groups is 1. The Morgan fingerprint density at radius 3 is 2.70 bits per heavy atom. The number of nitrogens with zero attached hydrogens (tertiary/aromatic N) is 2. The molecule has 7 nitrogen and oxygen atoms in total. The van der Waals surface area contributed by atoms with E-state index in [-0.39, 0.29) is 5.92 Å². The molecule has 0 spiro atoms. The normalized spacial score (nSPS) is 16.8. The number of aliphatic carboxylic acids is 1. The maximum Gasteiger partial charge on any atom is 0.307 e. The lowest BCUT2D eigenvalue weighted by Crippen LogP contribution is -2.42. The van der Waals surface area contributed by atoms with Crippen LogP contribution in [0.3, 0.4) is 0 Å². The van der Waals surface area contributed by atoms with Crippen molar-refractivity contribution in [2.75, 3.05) is 0 Å². The van der Waals surface area contributed by atoms with Crippen LogP contribution in [0.5, 0.6) is 0 Å². The maximum absolute atomic E-state index is 11.5. The van der Waals surface area contributed by atoms with Crippen LogP contribution in [0.15, 0.2) is 29.6 Å². The standard InChI is InChI=1S/C13H19N5O2/c1-2-3-10(13(19)20)11(12-15-17-18-16-12)8-9-4-6-14-7-5-9/h4-7,10-11,17-18H,2-3,8H2,1H3,(H,15,16)(H,19,20)/t10-,11-/m0/s1. The van der Waals surface area contributed by atoms with Crippen LogP contribution in [0.4, 0.5) is 0 Å². The van der Waals surface area contributed by atoms with Gasteiger partial charge in [-0.25, -0.2) is 5.53 Å². The van der Waals surface area contributed by atoms with Crippen LogP contribution in [0.1, 0.15) is 25.3 Å². The third kappa shape index (κ3) is 3.45. The van der Waals surface area contributed by atoms with Gasteiger partial charge in [-0.05, 0) is 30.5 Å². The molecule has 0 amide bonds. The summed E-state index contributed by atoms with van der Waals surface area (Å²) < 4.78 is 0. The molecule has 0 aromatic carbocycles. The molecule has 1 aliphatic rings. The SMILES string of the molecule is CCC[C@H](C(=O)O)[C@H](Cc1ccncc1)C1=NNNN1. The Balaban J connectivity index is 2.21. The second-order valence-corrected chi connectivity index (χ2v) is 4.76. The lowest BCUT2D eigenvalue weighted by atomic mass is 9.83. The van der Waals surface area contributed by atoms with E-state index in [1.807, 2.05) is 19.1 Å². The monoisotopic (exact) mass is 277 g/mol. The summed E-state index contributed by atoms with van der Waals surface area (Å²) in [4.78, 5) is 15.5. The number of nitrogens with one attached hydrogen (secondary N) is 3. The molecular formula is C13H19N5O2. The third-order valence-corrected chi connectivity index (χ3v) is 3.38. The van der Waals surface area contributed by atoms with E-state index in [9.17, 15) is 9.90 Å². The molecule has 0 aliphatic carbocycles. The molecule has 20 heavy (non-hydrogen) atoms. The predicted octanol–water partition coefficient (Wildman–Crippen LogP) is 0.667. The van der Waals surface area contributed by atoms with E-state index in [2.05, 4.69) is 26.6 Å². The fourth-order valence-corrected chi connectivity index (χ4v) is 2.39. The first-order valence-electron chi connectivity index (χ1n) is 6.67. The van der Waals surface area contributed by atoms with Crippen LogP contribution in [-0.4, -0.2) is 21.9 Å². The summed E-state index contributed by atoms with van der Waals surface area (Å²) >= 11 is 0. The highest BCUT2D eigenvalue weighted by Gasteiger charge is 2.33. The third-order valence-electron chi connectivity index (χ3n) is 3.38. The van der Waals surface area contributed by atoms with Gasteiger partial charge in [-0.1, -0.05) is 13.3 Å². The van der Waals surface area contributed by atoms with Crippen LogP contribution in [-0.2, 0) is 11.2 Å². The van der Waals surface area contributed by atoms with Gasteiger partial charge >= 0.3 is 5.97 Å². The predicted molar refractivity (Wildman–Crippen MR) is 74.3 cm³/mol. The van der Waals surface area contributed by atoms with Crippen molar-refractivity contribution < 1.29 is 9.90 Å². The van der Waals surface area contributed by atoms with Crippen molar-refractivity contribution in [3.8, 4) is 0 Å². The van der Waals surface area contributed by atoms with Crippen molar-refractivity contribution in [3.63, 3.8) is 0 Å². The first-order valence-corrected chi connectivity index (χ1v) is 6.67. The van der Waals surface area contributed by atoms with E-state index in [1.54, 1.807) is 12.4 Å². The van der Waals surface area contributed by atoms with Crippen LogP contribution < -0.4 is 16.5 Å². The number of carboxylic acids is 1. The fraction of sp³-hybridized carbons (Fsp3) is 0.462. The zero-order valence-electron chi connectivity index (χ0n) is 11.3. The summed E-state index contributed by atoms with van der Waals surface area (Å²) in [6.45, 7) is 1.99. The molecule has 1 aromatic rings. The maximum atomic E-state index is 11.5. The molecule has 0 unspecified atom stereocenters. The molecule has 0 radical (unpaired) electrons. The molecule has 1 aromatic heterocycles. The van der Waals surface area contributed by atoms with Crippen molar-refractivity contribution in [1.82, 2.24) is 21.5 Å². The van der Waals surface area contributed by atoms with Crippen molar-refractivity contribution >= 4 is 11.8 Å². The topological polar surface area (TPSA) is 98.6 Å². The van der Waals surface area contributed by atoms with Crippen molar-refractivity contribution in [3.05, 3.63) is 30.1 Å². The summed E-state index contributed by atoms with van der Waals surface area (Å²) in [5, 5.41) is 13.6. The molecule has 2 atom stereocenters. The quantitative estimate of drug-likeness (QED) is 0.584. The van der Waals surface area contributed by atoms with Crippen LogP contribution in [0.2, 0.25) is 0 Å². The van der Waals surface area contributed by atoms with Crippen molar-refractivity contribution in [2.45, 2.75) is 26.2 Å². The van der Waals surface area contributed by atoms with Crippen LogP contribution >= 0.6 is 0 Å². The minimum Gasteiger partial charge on any atom is -0.481 e. The van der Waals surface area contributed by atoms with Crippen LogP contribution in [0.25, 0.3) is 0 Å². The van der Waals surface area contributed by atoms with Gasteiger partial charge < -0.3 is 5.11 Å². The van der Waals surface area contributed by atoms with Gasteiger partial charge in [0.05, 0.1) is 5.92 Å². The van der Waals surface area contributed by atoms with E-state index < -0.39 is 11.9 Å². The Labute approximate surface area is 117 Å². The fourth-order valence-electron chi connectivity index (χ4n) is 2.39. The number of hydrogen-bond acceptors (Lipinski definition) is 6. The smallest absolute Gasteiger partial charge is 0.307 e. The van der Waals surface area contributed by atoms with Gasteiger partial charge in [0.1, 0.15) is 5.84 Å². The highest BCUT2D eigenvalue weighted by atomic mass is 16.4. The highest BCUT2D eigenvalue weighted by molar-refractivity contribution is 5.89. The first-order chi connectivity index (χ1) is 9.72. The highest BCUT2D eigenvalue weighted by Crippen LogP contribution is 2.24. The number of hydrazone groups is 1. The number of carboxylic acid groups (broad SMARTS) is 1. The average Bonchev–Trinajstić information content (AvgIpc) is 2.97. The van der Waals surface area contributed by atoms with Gasteiger partial charge in [0, 0.05) is 18.3 Å². The van der Waals surface area contributed by atoms with Crippen molar-refractivity contribution in [2.24, 2.45) is 16.9 Å². The molecule has 0 saturated heterocycles. The lowest BCUT2D eigenvalue weighted by molar-refractivity contribution is -0.143. The van der Waals surface area contributed by atoms with E-state index >= 15 is 0 Å². The zero-order valence-corrected chi connectivity index (χ0v) is 11.3. The molecule has 1 aliphatic heterocycles. The Morgan fingerprint density at radius 1 is 1.40 bits per heavy atom. The van der Waals surface area contributed by atoms with Crippen LogP contribution in [0, 0.1) is 11.8 Å². The number of hydrogen-bond donors (Lipinski definition) is 4. The van der Waals surface area contributed by atoms with Gasteiger partial charge in [0.15, 0.2) is 0 Å². The zero-order chi connectivity index (χ0) is 14.4. The van der Waals surface area contributed by atoms with E-state index in [0.29, 0.717) is 18.7 Å². The number of hydrazine groups is 2. The minimum atomic E-state index is -0.790. The van der Waals surface area contributed by atoms with Crippen molar-refractivity contribution in [1.29, 1.82) is 0 Å². The summed E-state index contributed by atoms with van der Waals surface area (Å²) in [6, 6.07) is 3.79. The summed E-state index contributed by atoms with van der Waals surface area (Å²) in [5.74, 6) is -0.844. The number of carbonyl (C=O) groups is 1. The molecule has 2 rings (SSSR count). The van der Waals surface area contributed by atoms with Gasteiger partial charge in [-0.2, -0.15) is 0 Å². The molecule has 0 bridgehead atoms. The number of rotatable bonds is 7. The van der Waals surface area contributed by atoms with E-state index in [4.69, 9.17) is 0 Å². The second-order valence-electron chi connectivity index (χ2n) is 4.76. The Bertz CT molecular complexity index is 477. The minimum absolute atomic E-state index is 0.211. The van der Waals surface area contributed by atoms with Gasteiger partial charge in [-0.15, -0.1) is 10.6 Å². The first kappa shape index (κ1) is 14.3. The number of pyridine rings is 1. The Hall–Kier alpha value is -2.15. The number of aromatic nitrogens is 1. The lowest BCUT2D eigenvalue weighted by Gasteiger charge is -2.23. The molecular weight excluding hydrogens is 258 g/mol. The average molecular weight is 277 g/mol. The van der Waals surface area contributed by atoms with Gasteiger partial charge in [0.25, 0.3) is 0 Å². The van der Waals surface area contributed by atoms with Gasteiger partial charge in [-0.3, -0.25) is 15.2 Å². The molecule has 2 heterocycles. The molecule has 0 fully saturated rings. The summed E-state index contributed by atoms with van der Waals surface area (Å²) in [5.41, 5.74) is 9.19. The molecule has 0 saturated carbocycles. The van der Waals surface area contributed by atoms with E-state index in [1.165, 1.54) is 0 Å². The second kappa shape index (κ2) is 6.85. The Morgan fingerprint density at radius 2 is 2.15 bits per heavy atom. The summed E-state index contributed by atoms with van der Waals surface area (Å²) in [6.07, 6.45) is 5.46. The molecule has 7 heteroatoms. The molecule has 108 valence electrons. The van der Waals surface area contributed by atoms with Gasteiger partial charge in [0.2, 0.25) is 0 Å². The largest absolute Gasteiger partial charge is 0.481 e. The summed E-state index contributed by atoms with van der Waals surface area (Å²) in [7, 11) is 0.